The van der Waals surface area contributed by atoms with Crippen LogP contribution in [0.4, 0.5) is 0 Å². The molecule has 29 heavy (non-hydrogen) atoms. The highest BCUT2D eigenvalue weighted by atomic mass is 16.3. The summed E-state index contributed by atoms with van der Waals surface area (Å²) in [5.41, 5.74) is 5.26. The van der Waals surface area contributed by atoms with Gasteiger partial charge in [0.2, 0.25) is 5.91 Å². The zero-order chi connectivity index (χ0) is 22.0. The Balaban J connectivity index is 3.49. The van der Waals surface area contributed by atoms with Crippen molar-refractivity contribution >= 4 is 5.91 Å². The van der Waals surface area contributed by atoms with E-state index in [9.17, 15) is 9.90 Å². The van der Waals surface area contributed by atoms with Crippen molar-refractivity contribution in [3.05, 3.63) is 0 Å². The molecular weight excluding hydrogens is 360 g/mol. The Kier molecular flexibility index (Phi) is 17.8. The maximum atomic E-state index is 12.1. The summed E-state index contributed by atoms with van der Waals surface area (Å²) in [6.45, 7) is 7.82. The number of amides is 1. The summed E-state index contributed by atoms with van der Waals surface area (Å²) in [7, 11) is 0. The summed E-state index contributed by atoms with van der Waals surface area (Å²) in [6.07, 6.45) is 20.4. The molecule has 174 valence electrons. The number of aliphatic hydroxyl groups excluding tert-OH is 1. The molecule has 4 nitrogen and oxygen atoms in total. The maximum absolute atomic E-state index is 12.1. The molecule has 4 heteroatoms. The van der Waals surface area contributed by atoms with E-state index in [2.05, 4.69) is 12.2 Å². The number of nitrogens with two attached hydrogens (primary N) is 1. The largest absolute Gasteiger partial charge is 0.389 e. The molecule has 0 spiro atoms. The Morgan fingerprint density at radius 3 is 1.52 bits per heavy atom. The standard InChI is InChI=1S/C25H52N2O2/c1-5-7-8-9-10-11-12-13-14-15-16-17-18-19-20-21-23(28)27-22(6-2)24(29)25(3,4)26/h22,24,29H,5-21,26H2,1-4H3,(H,27,28). The van der Waals surface area contributed by atoms with Crippen LogP contribution in [-0.2, 0) is 4.79 Å². The van der Waals surface area contributed by atoms with E-state index < -0.39 is 11.6 Å². The summed E-state index contributed by atoms with van der Waals surface area (Å²) in [4.78, 5) is 12.1. The number of rotatable bonds is 20. The van der Waals surface area contributed by atoms with Gasteiger partial charge in [-0.1, -0.05) is 104 Å². The normalized spacial score (nSPS) is 14.0. The fourth-order valence-corrected chi connectivity index (χ4v) is 3.86. The molecule has 0 fully saturated rings. The van der Waals surface area contributed by atoms with Crippen LogP contribution in [0.2, 0.25) is 0 Å². The molecule has 0 aromatic heterocycles. The first-order chi connectivity index (χ1) is 13.8. The van der Waals surface area contributed by atoms with Gasteiger partial charge in [-0.05, 0) is 26.7 Å². The van der Waals surface area contributed by atoms with Crippen LogP contribution in [0.1, 0.15) is 137 Å². The van der Waals surface area contributed by atoms with E-state index in [-0.39, 0.29) is 11.9 Å². The van der Waals surface area contributed by atoms with E-state index in [1.807, 2.05) is 6.92 Å². The Bertz CT molecular complexity index is 380. The highest BCUT2D eigenvalue weighted by Gasteiger charge is 2.30. The first-order valence-corrected chi connectivity index (χ1v) is 12.6. The zero-order valence-corrected chi connectivity index (χ0v) is 20.1. The average Bonchev–Trinajstić information content (AvgIpc) is 2.67. The number of aliphatic hydroxyl groups is 1. The molecule has 0 saturated heterocycles. The fraction of sp³-hybridized carbons (Fsp3) is 0.960. The smallest absolute Gasteiger partial charge is 0.220 e. The molecule has 2 unspecified atom stereocenters. The first kappa shape index (κ1) is 28.4. The van der Waals surface area contributed by atoms with Gasteiger partial charge in [-0.2, -0.15) is 0 Å². The van der Waals surface area contributed by atoms with E-state index in [1.165, 1.54) is 83.5 Å². The van der Waals surface area contributed by atoms with Crippen molar-refractivity contribution in [2.24, 2.45) is 5.73 Å². The Hall–Kier alpha value is -0.610. The monoisotopic (exact) mass is 412 g/mol. The molecule has 0 aliphatic rings. The lowest BCUT2D eigenvalue weighted by Crippen LogP contribution is -2.56. The van der Waals surface area contributed by atoms with Crippen LogP contribution < -0.4 is 11.1 Å². The molecule has 0 aliphatic carbocycles. The second-order valence-corrected chi connectivity index (χ2v) is 9.55. The number of unbranched alkanes of at least 4 members (excludes halogenated alkanes) is 14. The van der Waals surface area contributed by atoms with Gasteiger partial charge in [0.15, 0.2) is 0 Å². The van der Waals surface area contributed by atoms with Gasteiger partial charge in [-0.25, -0.2) is 0 Å². The number of carbonyl (C=O) groups excluding carboxylic acids is 1. The third kappa shape index (κ3) is 16.8. The van der Waals surface area contributed by atoms with Crippen LogP contribution in [0, 0.1) is 0 Å². The quantitative estimate of drug-likeness (QED) is 0.207. The number of carbonyl (C=O) groups is 1. The molecule has 1 amide bonds. The van der Waals surface area contributed by atoms with E-state index >= 15 is 0 Å². The van der Waals surface area contributed by atoms with Gasteiger partial charge in [0.05, 0.1) is 12.1 Å². The van der Waals surface area contributed by atoms with Crippen molar-refractivity contribution < 1.29 is 9.90 Å². The van der Waals surface area contributed by atoms with E-state index in [1.54, 1.807) is 13.8 Å². The predicted molar refractivity (Wildman–Crippen MR) is 126 cm³/mol. The molecule has 0 saturated carbocycles. The van der Waals surface area contributed by atoms with Crippen LogP contribution in [0.15, 0.2) is 0 Å². The Morgan fingerprint density at radius 2 is 1.17 bits per heavy atom. The molecule has 0 rings (SSSR count). The molecule has 0 heterocycles. The Morgan fingerprint density at radius 1 is 0.793 bits per heavy atom. The van der Waals surface area contributed by atoms with Gasteiger partial charge in [-0.3, -0.25) is 4.79 Å². The second-order valence-electron chi connectivity index (χ2n) is 9.55. The van der Waals surface area contributed by atoms with Gasteiger partial charge >= 0.3 is 0 Å². The van der Waals surface area contributed by atoms with Crippen LogP contribution >= 0.6 is 0 Å². The highest BCUT2D eigenvalue weighted by Crippen LogP contribution is 2.15. The lowest BCUT2D eigenvalue weighted by Gasteiger charge is -2.32. The molecular formula is C25H52N2O2. The molecule has 4 N–H and O–H groups in total. The maximum Gasteiger partial charge on any atom is 0.220 e. The van der Waals surface area contributed by atoms with Gasteiger partial charge < -0.3 is 16.2 Å². The first-order valence-electron chi connectivity index (χ1n) is 12.6. The summed E-state index contributed by atoms with van der Waals surface area (Å²) < 4.78 is 0. The molecule has 0 bridgehead atoms. The van der Waals surface area contributed by atoms with E-state index in [4.69, 9.17) is 5.73 Å². The van der Waals surface area contributed by atoms with Crippen molar-refractivity contribution in [2.45, 2.75) is 155 Å². The van der Waals surface area contributed by atoms with Crippen molar-refractivity contribution in [3.63, 3.8) is 0 Å². The zero-order valence-electron chi connectivity index (χ0n) is 20.1. The lowest BCUT2D eigenvalue weighted by molar-refractivity contribution is -0.123. The second kappa shape index (κ2) is 18.2. The van der Waals surface area contributed by atoms with Gasteiger partial charge in [0, 0.05) is 12.0 Å². The van der Waals surface area contributed by atoms with E-state index in [0.29, 0.717) is 12.8 Å². The summed E-state index contributed by atoms with van der Waals surface area (Å²) in [5, 5.41) is 13.2. The minimum Gasteiger partial charge on any atom is -0.389 e. The van der Waals surface area contributed by atoms with Crippen LogP contribution in [0.3, 0.4) is 0 Å². The molecule has 0 aliphatic heterocycles. The van der Waals surface area contributed by atoms with Crippen molar-refractivity contribution in [2.75, 3.05) is 0 Å². The Labute approximate surface area is 181 Å². The van der Waals surface area contributed by atoms with Gasteiger partial charge in [-0.15, -0.1) is 0 Å². The molecule has 0 radical (unpaired) electrons. The summed E-state index contributed by atoms with van der Waals surface area (Å²) >= 11 is 0. The van der Waals surface area contributed by atoms with Crippen LogP contribution in [-0.4, -0.2) is 28.7 Å². The fourth-order valence-electron chi connectivity index (χ4n) is 3.86. The summed E-state index contributed by atoms with van der Waals surface area (Å²) in [6, 6.07) is -0.265. The molecule has 2 atom stereocenters. The number of hydrogen-bond donors (Lipinski definition) is 3. The van der Waals surface area contributed by atoms with Crippen molar-refractivity contribution in [3.8, 4) is 0 Å². The van der Waals surface area contributed by atoms with Gasteiger partial charge in [0.25, 0.3) is 0 Å². The average molecular weight is 413 g/mol. The SMILES string of the molecule is CCCCCCCCCCCCCCCCCC(=O)NC(CC)C(O)C(C)(C)N. The minimum atomic E-state index is -0.725. The number of hydrogen-bond acceptors (Lipinski definition) is 3. The van der Waals surface area contributed by atoms with Crippen LogP contribution in [0.5, 0.6) is 0 Å². The third-order valence-corrected chi connectivity index (χ3v) is 5.94. The lowest BCUT2D eigenvalue weighted by atomic mass is 9.91. The number of nitrogens with one attached hydrogen (secondary N) is 1. The third-order valence-electron chi connectivity index (χ3n) is 5.94. The minimum absolute atomic E-state index is 0.0369. The van der Waals surface area contributed by atoms with Crippen molar-refractivity contribution in [1.82, 2.24) is 5.32 Å². The highest BCUT2D eigenvalue weighted by molar-refractivity contribution is 5.76. The molecule has 0 aromatic carbocycles. The molecule has 0 aromatic rings. The van der Waals surface area contributed by atoms with Crippen molar-refractivity contribution in [1.29, 1.82) is 0 Å². The van der Waals surface area contributed by atoms with Gasteiger partial charge in [0.1, 0.15) is 0 Å². The topological polar surface area (TPSA) is 75.3 Å². The van der Waals surface area contributed by atoms with E-state index in [0.717, 1.165) is 12.8 Å². The predicted octanol–water partition coefficient (Wildman–Crippen LogP) is 6.24. The summed E-state index contributed by atoms with van der Waals surface area (Å²) in [5.74, 6) is 0.0369. The van der Waals surface area contributed by atoms with Crippen LogP contribution in [0.25, 0.3) is 0 Å².